The molecule has 4 heteroatoms. The van der Waals surface area contributed by atoms with Gasteiger partial charge in [0.1, 0.15) is 0 Å². The molecule has 0 bridgehead atoms. The van der Waals surface area contributed by atoms with Gasteiger partial charge >= 0.3 is 0 Å². The van der Waals surface area contributed by atoms with Crippen molar-refractivity contribution < 1.29 is 4.79 Å². The quantitative estimate of drug-likeness (QED) is 0.931. The van der Waals surface area contributed by atoms with E-state index in [1.54, 1.807) is 0 Å². The first-order chi connectivity index (χ1) is 8.74. The molecule has 1 aromatic rings. The van der Waals surface area contributed by atoms with Gasteiger partial charge in [-0.2, -0.15) is 0 Å². The van der Waals surface area contributed by atoms with E-state index in [4.69, 9.17) is 0 Å². The van der Waals surface area contributed by atoms with E-state index in [1.807, 2.05) is 6.07 Å². The van der Waals surface area contributed by atoms with Crippen molar-refractivity contribution in [3.8, 4) is 0 Å². The number of carbonyl (C=O) groups excluding carboxylic acids is 1. The molecule has 1 unspecified atom stereocenters. The van der Waals surface area contributed by atoms with E-state index in [2.05, 4.69) is 44.3 Å². The summed E-state index contributed by atoms with van der Waals surface area (Å²) in [4.78, 5) is 14.1. The van der Waals surface area contributed by atoms with Gasteiger partial charge in [0.05, 0.1) is 5.69 Å². The van der Waals surface area contributed by atoms with Crippen LogP contribution in [-0.2, 0) is 4.79 Å². The minimum atomic E-state index is 0.258. The largest absolute Gasteiger partial charge is 0.368 e. The van der Waals surface area contributed by atoms with Crippen LogP contribution in [0.2, 0.25) is 0 Å². The molecule has 1 N–H and O–H groups in total. The number of anilines is 1. The highest BCUT2D eigenvalue weighted by Crippen LogP contribution is 2.31. The Morgan fingerprint density at radius 1 is 1.28 bits per heavy atom. The third kappa shape index (κ3) is 2.53. The maximum atomic E-state index is 11.7. The number of hydrogen-bond donors (Lipinski definition) is 1. The number of amides is 1. The average Bonchev–Trinajstić information content (AvgIpc) is 3.12. The number of hydrogen-bond acceptors (Lipinski definition) is 2. The topological polar surface area (TPSA) is 32.3 Å². The van der Waals surface area contributed by atoms with Crippen LogP contribution in [0.4, 0.5) is 5.69 Å². The zero-order valence-electron chi connectivity index (χ0n) is 10.2. The molecule has 1 heterocycles. The molecule has 0 radical (unpaired) electrons. The van der Waals surface area contributed by atoms with Gasteiger partial charge in [0.15, 0.2) is 0 Å². The summed E-state index contributed by atoms with van der Waals surface area (Å²) in [6, 6.07) is 8.57. The number of nitrogens with zero attached hydrogens (tertiary/aromatic N) is 1. The fourth-order valence-electron chi connectivity index (χ4n) is 2.47. The summed E-state index contributed by atoms with van der Waals surface area (Å²) in [7, 11) is 0. The molecule has 0 spiro atoms. The second-order valence-electron chi connectivity index (χ2n) is 5.17. The number of benzene rings is 1. The molecule has 3 nitrogen and oxygen atoms in total. The second-order valence-corrected chi connectivity index (χ2v) is 6.02. The molecule has 1 saturated heterocycles. The Balaban J connectivity index is 1.61. The number of halogens is 1. The zero-order chi connectivity index (χ0) is 12.5. The molecule has 3 rings (SSSR count). The molecule has 2 aliphatic rings. The third-order valence-corrected chi connectivity index (χ3v) is 4.35. The number of carbonyl (C=O) groups is 1. The Kier molecular flexibility index (Phi) is 3.29. The van der Waals surface area contributed by atoms with Crippen LogP contribution in [0.5, 0.6) is 0 Å². The molecular formula is C14H17BrN2O. The minimum absolute atomic E-state index is 0.258. The van der Waals surface area contributed by atoms with Crippen LogP contribution in [0.1, 0.15) is 19.3 Å². The zero-order valence-corrected chi connectivity index (χ0v) is 11.8. The van der Waals surface area contributed by atoms with Gasteiger partial charge in [0.25, 0.3) is 0 Å². The Hall–Kier alpha value is -1.03. The van der Waals surface area contributed by atoms with E-state index in [-0.39, 0.29) is 5.91 Å². The summed E-state index contributed by atoms with van der Waals surface area (Å²) < 4.78 is 1.12. The van der Waals surface area contributed by atoms with Crippen LogP contribution in [0.3, 0.4) is 0 Å². The molecule has 1 amide bonds. The molecule has 0 aromatic heterocycles. The molecule has 96 valence electrons. The molecule has 1 aromatic carbocycles. The van der Waals surface area contributed by atoms with Gasteiger partial charge in [-0.3, -0.25) is 4.79 Å². The lowest BCUT2D eigenvalue weighted by Gasteiger charge is -2.20. The van der Waals surface area contributed by atoms with Crippen molar-refractivity contribution in [3.05, 3.63) is 28.7 Å². The first-order valence-corrected chi connectivity index (χ1v) is 7.33. The van der Waals surface area contributed by atoms with Crippen molar-refractivity contribution in [1.82, 2.24) is 5.32 Å². The van der Waals surface area contributed by atoms with Crippen LogP contribution in [0, 0.1) is 5.92 Å². The van der Waals surface area contributed by atoms with Gasteiger partial charge in [0.2, 0.25) is 5.91 Å². The Morgan fingerprint density at radius 2 is 2.06 bits per heavy atom. The van der Waals surface area contributed by atoms with Crippen molar-refractivity contribution in [2.45, 2.75) is 25.3 Å². The third-order valence-electron chi connectivity index (χ3n) is 3.68. The van der Waals surface area contributed by atoms with Crippen molar-refractivity contribution >= 4 is 27.5 Å². The molecular weight excluding hydrogens is 292 g/mol. The standard InChI is InChI=1S/C14H17BrN2O/c15-12-3-1-2-4-13(12)17-8-7-11(9-17)16-14(18)10-5-6-10/h1-4,10-11H,5-9H2,(H,16,18). The highest BCUT2D eigenvalue weighted by atomic mass is 79.9. The minimum Gasteiger partial charge on any atom is -0.368 e. The molecule has 18 heavy (non-hydrogen) atoms. The summed E-state index contributed by atoms with van der Waals surface area (Å²) >= 11 is 3.58. The lowest BCUT2D eigenvalue weighted by molar-refractivity contribution is -0.122. The van der Waals surface area contributed by atoms with E-state index < -0.39 is 0 Å². The summed E-state index contributed by atoms with van der Waals surface area (Å²) in [5.74, 6) is 0.566. The molecule has 1 atom stereocenters. The number of para-hydroxylation sites is 1. The summed E-state index contributed by atoms with van der Waals surface area (Å²) in [6.45, 7) is 1.93. The predicted octanol–water partition coefficient (Wildman–Crippen LogP) is 2.55. The lowest BCUT2D eigenvalue weighted by atomic mass is 10.2. The van der Waals surface area contributed by atoms with Crippen LogP contribution in [0.25, 0.3) is 0 Å². The Morgan fingerprint density at radius 3 is 2.78 bits per heavy atom. The molecule has 1 saturated carbocycles. The first-order valence-electron chi connectivity index (χ1n) is 6.54. The smallest absolute Gasteiger partial charge is 0.223 e. The maximum Gasteiger partial charge on any atom is 0.223 e. The van der Waals surface area contributed by atoms with Crippen LogP contribution in [0.15, 0.2) is 28.7 Å². The van der Waals surface area contributed by atoms with Gasteiger partial charge in [-0.05, 0) is 47.3 Å². The SMILES string of the molecule is O=C(NC1CCN(c2ccccc2Br)C1)C1CC1. The highest BCUT2D eigenvalue weighted by Gasteiger charge is 2.33. The normalized spacial score (nSPS) is 23.2. The second kappa shape index (κ2) is 4.92. The van der Waals surface area contributed by atoms with Crippen molar-refractivity contribution in [3.63, 3.8) is 0 Å². The highest BCUT2D eigenvalue weighted by molar-refractivity contribution is 9.10. The van der Waals surface area contributed by atoms with E-state index in [0.717, 1.165) is 36.8 Å². The Bertz CT molecular complexity index is 459. The first kappa shape index (κ1) is 12.0. The van der Waals surface area contributed by atoms with E-state index in [0.29, 0.717) is 12.0 Å². The number of rotatable bonds is 3. The van der Waals surface area contributed by atoms with E-state index in [1.165, 1.54) is 5.69 Å². The number of nitrogens with one attached hydrogen (secondary N) is 1. The van der Waals surface area contributed by atoms with Crippen LogP contribution < -0.4 is 10.2 Å². The van der Waals surface area contributed by atoms with E-state index >= 15 is 0 Å². The van der Waals surface area contributed by atoms with Crippen molar-refractivity contribution in [1.29, 1.82) is 0 Å². The fourth-order valence-corrected chi connectivity index (χ4v) is 3.01. The molecule has 1 aliphatic heterocycles. The monoisotopic (exact) mass is 308 g/mol. The maximum absolute atomic E-state index is 11.7. The van der Waals surface area contributed by atoms with Crippen LogP contribution in [-0.4, -0.2) is 25.0 Å². The van der Waals surface area contributed by atoms with Crippen molar-refractivity contribution in [2.24, 2.45) is 5.92 Å². The fraction of sp³-hybridized carbons (Fsp3) is 0.500. The molecule has 2 fully saturated rings. The Labute approximate surface area is 116 Å². The van der Waals surface area contributed by atoms with Crippen LogP contribution >= 0.6 is 15.9 Å². The van der Waals surface area contributed by atoms with Crippen molar-refractivity contribution in [2.75, 3.05) is 18.0 Å². The van der Waals surface area contributed by atoms with Gasteiger partial charge in [-0.1, -0.05) is 12.1 Å². The van der Waals surface area contributed by atoms with Gasteiger partial charge < -0.3 is 10.2 Å². The summed E-state index contributed by atoms with van der Waals surface area (Å²) in [6.07, 6.45) is 3.19. The molecule has 1 aliphatic carbocycles. The average molecular weight is 309 g/mol. The van der Waals surface area contributed by atoms with E-state index in [9.17, 15) is 4.79 Å². The summed E-state index contributed by atoms with van der Waals surface area (Å²) in [5, 5.41) is 3.16. The summed E-state index contributed by atoms with van der Waals surface area (Å²) in [5.41, 5.74) is 1.22. The van der Waals surface area contributed by atoms with Gasteiger partial charge in [-0.15, -0.1) is 0 Å². The van der Waals surface area contributed by atoms with Gasteiger partial charge in [0, 0.05) is 29.5 Å². The van der Waals surface area contributed by atoms with Gasteiger partial charge in [-0.25, -0.2) is 0 Å². The lowest BCUT2D eigenvalue weighted by Crippen LogP contribution is -2.37. The predicted molar refractivity (Wildman–Crippen MR) is 75.6 cm³/mol.